The molecule has 3 heterocycles. The van der Waals surface area contributed by atoms with Crippen molar-refractivity contribution in [3.63, 3.8) is 0 Å². The lowest BCUT2D eigenvalue weighted by Crippen LogP contribution is -2.52. The van der Waals surface area contributed by atoms with Gasteiger partial charge in [0.1, 0.15) is 5.01 Å². The molecular formula is C34H37ClN4O2S. The van der Waals surface area contributed by atoms with Crippen LogP contribution in [0, 0.1) is 0 Å². The van der Waals surface area contributed by atoms with Crippen molar-refractivity contribution in [1.29, 1.82) is 0 Å². The van der Waals surface area contributed by atoms with Gasteiger partial charge < -0.3 is 10.2 Å². The average molecular weight is 601 g/mol. The fourth-order valence-corrected chi connectivity index (χ4v) is 6.51. The van der Waals surface area contributed by atoms with Crippen LogP contribution in [-0.4, -0.2) is 46.0 Å². The topological polar surface area (TPSA) is 67.2 Å². The highest BCUT2D eigenvalue weighted by Gasteiger charge is 2.30. The molecule has 8 heteroatoms. The number of hydrogen-bond donors (Lipinski definition) is 1. The molecule has 1 aliphatic heterocycles. The highest BCUT2D eigenvalue weighted by atomic mass is 35.5. The number of carbonyl (C=O) groups excluding carboxylic acids is 1. The number of carbonyl (C=O) groups is 1. The van der Waals surface area contributed by atoms with Gasteiger partial charge in [0.15, 0.2) is 0 Å². The van der Waals surface area contributed by atoms with Gasteiger partial charge in [-0.05, 0) is 69.0 Å². The molecule has 4 aromatic rings. The van der Waals surface area contributed by atoms with Crippen molar-refractivity contribution in [3.8, 4) is 27.5 Å². The minimum absolute atomic E-state index is 0.0279. The molecule has 1 fully saturated rings. The van der Waals surface area contributed by atoms with Crippen LogP contribution < -0.4 is 10.9 Å². The third kappa shape index (κ3) is 5.87. The summed E-state index contributed by atoms with van der Waals surface area (Å²) in [7, 11) is 0. The summed E-state index contributed by atoms with van der Waals surface area (Å²) >= 11 is 7.52. The van der Waals surface area contributed by atoms with Crippen molar-refractivity contribution in [1.82, 2.24) is 19.8 Å². The first-order valence-corrected chi connectivity index (χ1v) is 15.8. The summed E-state index contributed by atoms with van der Waals surface area (Å²) in [4.78, 5) is 35.9. The molecule has 1 saturated heterocycles. The minimum atomic E-state index is -0.181. The van der Waals surface area contributed by atoms with Gasteiger partial charge in [0, 0.05) is 41.6 Å². The first kappa shape index (κ1) is 30.0. The van der Waals surface area contributed by atoms with E-state index in [4.69, 9.17) is 16.6 Å². The summed E-state index contributed by atoms with van der Waals surface area (Å²) in [6.07, 6.45) is 3.48. The maximum atomic E-state index is 14.7. The highest BCUT2D eigenvalue weighted by Crippen LogP contribution is 2.32. The third-order valence-electron chi connectivity index (χ3n) is 7.72. The Balaban J connectivity index is 1.83. The Morgan fingerprint density at radius 3 is 2.43 bits per heavy atom. The van der Waals surface area contributed by atoms with Crippen LogP contribution in [0.2, 0.25) is 5.02 Å². The van der Waals surface area contributed by atoms with E-state index in [0.29, 0.717) is 33.4 Å². The summed E-state index contributed by atoms with van der Waals surface area (Å²) in [5.41, 5.74) is 7.03. The van der Waals surface area contributed by atoms with Gasteiger partial charge in [-0.1, -0.05) is 61.4 Å². The predicted molar refractivity (Wildman–Crippen MR) is 175 cm³/mol. The molecule has 1 aliphatic rings. The molecular weight excluding hydrogens is 564 g/mol. The second-order valence-electron chi connectivity index (χ2n) is 10.9. The van der Waals surface area contributed by atoms with Crippen molar-refractivity contribution in [2.45, 2.75) is 53.5 Å². The Hall–Kier alpha value is -3.52. The van der Waals surface area contributed by atoms with E-state index in [1.54, 1.807) is 10.6 Å². The van der Waals surface area contributed by atoms with Crippen molar-refractivity contribution >= 4 is 34.9 Å². The summed E-state index contributed by atoms with van der Waals surface area (Å²) < 4.78 is 1.78. The number of piperazine rings is 1. The molecule has 1 amide bonds. The van der Waals surface area contributed by atoms with Gasteiger partial charge in [-0.25, -0.2) is 4.98 Å². The van der Waals surface area contributed by atoms with Crippen molar-refractivity contribution in [3.05, 3.63) is 97.2 Å². The molecule has 42 heavy (non-hydrogen) atoms. The van der Waals surface area contributed by atoms with Crippen LogP contribution in [0.4, 0.5) is 0 Å². The maximum Gasteiger partial charge on any atom is 0.265 e. The number of pyridine rings is 1. The van der Waals surface area contributed by atoms with Crippen LogP contribution in [0.15, 0.2) is 64.3 Å². The van der Waals surface area contributed by atoms with E-state index in [1.807, 2.05) is 60.5 Å². The number of halogens is 1. The fraction of sp³-hybridized carbons (Fsp3) is 0.324. The van der Waals surface area contributed by atoms with E-state index in [1.165, 1.54) is 11.3 Å². The summed E-state index contributed by atoms with van der Waals surface area (Å²) in [6.45, 7) is 12.3. The van der Waals surface area contributed by atoms with Crippen LogP contribution in [-0.2, 0) is 12.8 Å². The number of thiazole rings is 1. The maximum absolute atomic E-state index is 14.7. The normalized spacial score (nSPS) is 15.1. The van der Waals surface area contributed by atoms with E-state index < -0.39 is 0 Å². The smallest absolute Gasteiger partial charge is 0.265 e. The number of allylic oxidation sites excluding steroid dienone is 1. The molecule has 0 bridgehead atoms. The Kier molecular flexibility index (Phi) is 9.11. The van der Waals surface area contributed by atoms with E-state index in [-0.39, 0.29) is 17.5 Å². The van der Waals surface area contributed by atoms with E-state index in [2.05, 4.69) is 38.2 Å². The van der Waals surface area contributed by atoms with Crippen LogP contribution in [0.5, 0.6) is 0 Å². The zero-order valence-corrected chi connectivity index (χ0v) is 26.4. The molecule has 6 nitrogen and oxygen atoms in total. The predicted octanol–water partition coefficient (Wildman–Crippen LogP) is 7.26. The van der Waals surface area contributed by atoms with Crippen LogP contribution in [0.25, 0.3) is 33.6 Å². The number of benzene rings is 2. The number of hydrogen-bond acceptors (Lipinski definition) is 5. The average Bonchev–Trinajstić information content (AvgIpc) is 3.47. The Bertz CT molecular complexity index is 1680. The van der Waals surface area contributed by atoms with Crippen LogP contribution in [0.3, 0.4) is 0 Å². The van der Waals surface area contributed by atoms with Gasteiger partial charge in [-0.3, -0.25) is 14.2 Å². The summed E-state index contributed by atoms with van der Waals surface area (Å²) in [6, 6.07) is 15.5. The number of amides is 1. The first-order chi connectivity index (χ1) is 20.2. The van der Waals surface area contributed by atoms with Crippen LogP contribution >= 0.6 is 22.9 Å². The second kappa shape index (κ2) is 12.8. The van der Waals surface area contributed by atoms with Crippen LogP contribution in [0.1, 0.15) is 61.8 Å². The third-order valence-corrected chi connectivity index (χ3v) is 8.85. The number of aryl methyl sites for hydroxylation is 2. The molecule has 2 aromatic heterocycles. The second-order valence-corrected chi connectivity index (χ2v) is 12.2. The Morgan fingerprint density at radius 2 is 1.81 bits per heavy atom. The highest BCUT2D eigenvalue weighted by molar-refractivity contribution is 7.13. The molecule has 0 spiro atoms. The number of aromatic nitrogens is 2. The standard InChI is InChI=1S/C34H37ClN4O2S/c1-6-23-9-8-10-24(7-2)31(23)39-30(17-21(3)4)27(33(40)38-16-15-36-19-22(38)5)18-28(34(39)41)32-37-29(20-42-32)25-11-13-26(35)14-12-25/h8-14,17-18,20,22,36H,6-7,15-16,19H2,1-5H3/t22-/m0/s1. The lowest BCUT2D eigenvalue weighted by atomic mass is 9.99. The molecule has 0 radical (unpaired) electrons. The van der Waals surface area contributed by atoms with E-state index >= 15 is 0 Å². The molecule has 0 unspecified atom stereocenters. The number of nitrogens with one attached hydrogen (secondary N) is 1. The van der Waals surface area contributed by atoms with Crippen molar-refractivity contribution < 1.29 is 4.79 Å². The molecule has 0 saturated carbocycles. The first-order valence-electron chi connectivity index (χ1n) is 14.5. The van der Waals surface area contributed by atoms with Gasteiger partial charge >= 0.3 is 0 Å². The number of nitrogens with zero attached hydrogens (tertiary/aromatic N) is 3. The van der Waals surface area contributed by atoms with Crippen molar-refractivity contribution in [2.75, 3.05) is 19.6 Å². The minimum Gasteiger partial charge on any atom is -0.333 e. The molecule has 218 valence electrons. The molecule has 2 aromatic carbocycles. The number of para-hydroxylation sites is 1. The summed E-state index contributed by atoms with van der Waals surface area (Å²) in [5.74, 6) is -0.0759. The molecule has 5 rings (SSSR count). The van der Waals surface area contributed by atoms with E-state index in [0.717, 1.165) is 59.6 Å². The van der Waals surface area contributed by atoms with Gasteiger partial charge in [0.05, 0.1) is 28.2 Å². The van der Waals surface area contributed by atoms with Gasteiger partial charge in [-0.2, -0.15) is 0 Å². The zero-order valence-electron chi connectivity index (χ0n) is 24.8. The lowest BCUT2D eigenvalue weighted by molar-refractivity contribution is 0.0655. The summed E-state index contributed by atoms with van der Waals surface area (Å²) in [5, 5.41) is 6.56. The lowest BCUT2D eigenvalue weighted by Gasteiger charge is -2.34. The quantitative estimate of drug-likeness (QED) is 0.242. The van der Waals surface area contributed by atoms with E-state index in [9.17, 15) is 9.59 Å². The van der Waals surface area contributed by atoms with Gasteiger partial charge in [0.25, 0.3) is 11.5 Å². The number of rotatable bonds is 7. The monoisotopic (exact) mass is 600 g/mol. The largest absolute Gasteiger partial charge is 0.333 e. The molecule has 1 N–H and O–H groups in total. The molecule has 1 atom stereocenters. The van der Waals surface area contributed by atoms with Crippen molar-refractivity contribution in [2.24, 2.45) is 0 Å². The fourth-order valence-electron chi connectivity index (χ4n) is 5.54. The van der Waals surface area contributed by atoms with Gasteiger partial charge in [-0.15, -0.1) is 11.3 Å². The molecule has 0 aliphatic carbocycles. The Labute approximate surface area is 256 Å². The zero-order chi connectivity index (χ0) is 30.0. The SMILES string of the molecule is CCc1cccc(CC)c1-n1c(C=C(C)C)c(C(=O)N2CCNC[C@@H]2C)cc(-c2nc(-c3ccc(Cl)cc3)cs2)c1=O. The Morgan fingerprint density at radius 1 is 1.12 bits per heavy atom. The van der Waals surface area contributed by atoms with Gasteiger partial charge in [0.2, 0.25) is 0 Å².